The Morgan fingerprint density at radius 1 is 0.357 bits per heavy atom. The third kappa shape index (κ3) is 2.79. The van der Waals surface area contributed by atoms with Crippen LogP contribution in [0.25, 0.3) is 0 Å². The van der Waals surface area contributed by atoms with Gasteiger partial charge >= 0.3 is 0 Å². The van der Waals surface area contributed by atoms with Crippen LogP contribution < -0.4 is 0 Å². The van der Waals surface area contributed by atoms with Gasteiger partial charge in [-0.2, -0.15) is 0 Å². The van der Waals surface area contributed by atoms with Gasteiger partial charge in [0.25, 0.3) is 0 Å². The lowest BCUT2D eigenvalue weighted by atomic mass is 10.4. The zero-order valence-electron chi connectivity index (χ0n) is 20.3. The predicted octanol–water partition coefficient (Wildman–Crippen LogP) is 8.03. The Kier molecular flexibility index (Phi) is 5.96. The largest absolute Gasteiger partial charge is 0.0717 e. The van der Waals surface area contributed by atoms with Crippen LogP contribution >= 0.6 is 0 Å². The van der Waals surface area contributed by atoms with E-state index >= 15 is 0 Å². The summed E-state index contributed by atoms with van der Waals surface area (Å²) in [7, 11) is -5.99. The van der Waals surface area contributed by atoms with Crippen molar-refractivity contribution in [3.63, 3.8) is 0 Å². The van der Waals surface area contributed by atoms with Gasteiger partial charge < -0.3 is 0 Å². The Hall–Kier alpha value is 1.30. The summed E-state index contributed by atoms with van der Waals surface area (Å²) in [6.07, 6.45) is 13.5. The summed E-state index contributed by atoms with van der Waals surface area (Å²) < 4.78 is 0. The van der Waals surface area contributed by atoms with E-state index in [2.05, 4.69) is 39.3 Å². The fourth-order valence-corrected chi connectivity index (χ4v) is 189. The molecule has 0 aromatic rings. The lowest BCUT2D eigenvalue weighted by Crippen LogP contribution is -2.95. The molecule has 0 unspecified atom stereocenters. The maximum absolute atomic E-state index is 2.92. The molecule has 6 heteroatoms. The molecular weight excluding hydrogens is 433 g/mol. The molecule has 4 aliphatic rings. The first-order valence-electron chi connectivity index (χ1n) is 13.1. The molecule has 0 N–H and O–H groups in total. The van der Waals surface area contributed by atoms with Crippen molar-refractivity contribution in [1.82, 2.24) is 0 Å². The van der Waals surface area contributed by atoms with Crippen LogP contribution in [0.1, 0.15) is 51.4 Å². The normalized spacial score (nSPS) is 45.2. The Bertz CT molecular complexity index is 511. The van der Waals surface area contributed by atoms with E-state index in [1.54, 1.807) is 51.4 Å². The van der Waals surface area contributed by atoms with Crippen LogP contribution in [-0.2, 0) is 0 Å². The quantitative estimate of drug-likeness (QED) is 0.357. The van der Waals surface area contributed by atoms with Crippen molar-refractivity contribution in [2.45, 2.75) is 139 Å². The minimum atomic E-state index is -1.01. The predicted molar refractivity (Wildman–Crippen MR) is 145 cm³/mol. The van der Waals surface area contributed by atoms with Crippen molar-refractivity contribution in [3.8, 4) is 0 Å². The minimum absolute atomic E-state index is 0.985. The first-order chi connectivity index (χ1) is 13.1. The molecule has 0 aromatic carbocycles. The van der Waals surface area contributed by atoms with Crippen molar-refractivity contribution in [1.29, 1.82) is 0 Å². The van der Waals surface area contributed by atoms with E-state index in [9.17, 15) is 0 Å². The van der Waals surface area contributed by atoms with Crippen LogP contribution in [0.5, 0.6) is 0 Å². The molecule has 4 rings (SSSR count). The molecule has 4 heterocycles. The highest BCUT2D eigenvalue weighted by Gasteiger charge is 2.76. The molecule has 0 bridgehead atoms. The fourth-order valence-electron chi connectivity index (χ4n) is 10.6. The van der Waals surface area contributed by atoms with E-state index in [4.69, 9.17) is 0 Å². The summed E-state index contributed by atoms with van der Waals surface area (Å²) in [6, 6.07) is 15.1. The van der Waals surface area contributed by atoms with E-state index in [-0.39, 0.29) is 0 Å². The van der Waals surface area contributed by atoms with E-state index < -0.39 is 43.6 Å². The summed E-state index contributed by atoms with van der Waals surface area (Å²) in [5.74, 6) is 0. The molecule has 0 atom stereocenters. The maximum atomic E-state index is 2.92. The number of rotatable bonds is 3. The Balaban J connectivity index is 1.98. The number of fused-ring (bicyclic) bond motifs is 3. The summed E-state index contributed by atoms with van der Waals surface area (Å²) in [6.45, 7) is 17.5. The SMILES string of the molecule is C[Si](C)(C)[Si]12CCCC[Si]1([Si]13CCCC[Si]1([Si](C)(C)C)CCCC3)CCCC2. The Morgan fingerprint density at radius 3 is 0.786 bits per heavy atom. The molecule has 0 aliphatic carbocycles. The average molecular weight is 483 g/mol. The Labute approximate surface area is 182 Å². The van der Waals surface area contributed by atoms with Gasteiger partial charge in [0.15, 0.2) is 0 Å². The van der Waals surface area contributed by atoms with Crippen LogP contribution in [-0.4, -0.2) is 43.6 Å². The lowest BCUT2D eigenvalue weighted by Gasteiger charge is -2.74. The molecule has 162 valence electrons. The van der Waals surface area contributed by atoms with E-state index in [1.165, 1.54) is 0 Å². The summed E-state index contributed by atoms with van der Waals surface area (Å²) >= 11 is 0. The molecule has 0 aromatic heterocycles. The zero-order chi connectivity index (χ0) is 20.3. The van der Waals surface area contributed by atoms with Crippen molar-refractivity contribution < 1.29 is 0 Å². The highest BCUT2D eigenvalue weighted by molar-refractivity contribution is 7.98. The first-order valence-corrected chi connectivity index (χ1v) is 34.7. The second-order valence-electron chi connectivity index (χ2n) is 13.7. The number of hydrogen-bond donors (Lipinski definition) is 0. The summed E-state index contributed by atoms with van der Waals surface area (Å²) in [5.41, 5.74) is 0. The molecule has 0 saturated carbocycles. The van der Waals surface area contributed by atoms with Gasteiger partial charge in [0.2, 0.25) is 0 Å². The fraction of sp³-hybridized carbons (Fsp3) is 1.00. The molecule has 4 saturated heterocycles. The highest BCUT2D eigenvalue weighted by atomic mass is 30.0. The molecule has 4 aliphatic heterocycles. The zero-order valence-corrected chi connectivity index (χ0v) is 26.3. The monoisotopic (exact) mass is 482 g/mol. The summed E-state index contributed by atoms with van der Waals surface area (Å²) in [5, 5.41) is 0. The standard InChI is InChI=1S/C22H50Si6/c1-23(2,3)25-15-7-11-19-27(25,20-12-8-16-25)28-21-13-9-17-26(28,24(4,5)6)18-10-14-22-28/h7-22H2,1-6H3. The molecule has 0 nitrogen and oxygen atoms in total. The molecule has 4 fully saturated rings. The van der Waals surface area contributed by atoms with Gasteiger partial charge in [-0.25, -0.2) is 0 Å². The molecular formula is C22H50Si6. The minimum Gasteiger partial charge on any atom is -0.0717 e. The van der Waals surface area contributed by atoms with Gasteiger partial charge in [-0.3, -0.25) is 0 Å². The van der Waals surface area contributed by atoms with Crippen LogP contribution in [0.4, 0.5) is 0 Å². The second-order valence-corrected chi connectivity index (χ2v) is 73.3. The maximum Gasteiger partial charge on any atom is 0.0397 e. The van der Waals surface area contributed by atoms with Crippen molar-refractivity contribution >= 4 is 43.6 Å². The van der Waals surface area contributed by atoms with Crippen LogP contribution in [0.15, 0.2) is 0 Å². The highest BCUT2D eigenvalue weighted by Crippen LogP contribution is 2.62. The van der Waals surface area contributed by atoms with Crippen LogP contribution in [0, 0.1) is 0 Å². The van der Waals surface area contributed by atoms with Gasteiger partial charge in [0.1, 0.15) is 0 Å². The number of hydrogen-bond acceptors (Lipinski definition) is 0. The van der Waals surface area contributed by atoms with Crippen molar-refractivity contribution in [2.75, 3.05) is 0 Å². The van der Waals surface area contributed by atoms with Crippen LogP contribution in [0.2, 0.25) is 87.6 Å². The van der Waals surface area contributed by atoms with E-state index in [0.29, 0.717) is 0 Å². The van der Waals surface area contributed by atoms with Gasteiger partial charge in [0, 0.05) is 43.6 Å². The topological polar surface area (TPSA) is 0 Å². The van der Waals surface area contributed by atoms with Crippen LogP contribution in [0.3, 0.4) is 0 Å². The molecule has 0 amide bonds. The van der Waals surface area contributed by atoms with Crippen molar-refractivity contribution in [2.24, 2.45) is 0 Å². The van der Waals surface area contributed by atoms with E-state index in [1.807, 2.05) is 48.4 Å². The average Bonchev–Trinajstić information content (AvgIpc) is 2.66. The van der Waals surface area contributed by atoms with Gasteiger partial charge in [0.05, 0.1) is 0 Å². The first kappa shape index (κ1) is 22.5. The molecule has 28 heavy (non-hydrogen) atoms. The third-order valence-corrected chi connectivity index (χ3v) is 124. The van der Waals surface area contributed by atoms with Crippen molar-refractivity contribution in [3.05, 3.63) is 0 Å². The lowest BCUT2D eigenvalue weighted by molar-refractivity contribution is 0.756. The summed E-state index contributed by atoms with van der Waals surface area (Å²) in [4.78, 5) is 0. The van der Waals surface area contributed by atoms with E-state index in [0.717, 1.165) is 0 Å². The molecule has 0 radical (unpaired) electrons. The van der Waals surface area contributed by atoms with Gasteiger partial charge in [-0.15, -0.1) is 0 Å². The second kappa shape index (κ2) is 7.43. The third-order valence-electron chi connectivity index (χ3n) is 11.4. The Morgan fingerprint density at radius 2 is 0.571 bits per heavy atom. The van der Waals surface area contributed by atoms with Gasteiger partial charge in [-0.1, -0.05) is 139 Å². The van der Waals surface area contributed by atoms with Gasteiger partial charge in [-0.05, 0) is 0 Å². The molecule has 0 spiro atoms. The smallest absolute Gasteiger partial charge is 0.0397 e.